The second-order valence-electron chi connectivity index (χ2n) is 4.79. The van der Waals surface area contributed by atoms with Crippen molar-refractivity contribution >= 4 is 16.1 Å². The van der Waals surface area contributed by atoms with Crippen LogP contribution in [0.5, 0.6) is 0 Å². The monoisotopic (exact) mass is 280 g/mol. The van der Waals surface area contributed by atoms with Crippen LogP contribution in [0, 0.1) is 5.92 Å². The van der Waals surface area contributed by atoms with E-state index in [9.17, 15) is 13.2 Å². The zero-order valence-corrected chi connectivity index (χ0v) is 12.3. The first-order valence-electron chi connectivity index (χ1n) is 5.83. The number of carbonyl (C=O) groups is 1. The van der Waals surface area contributed by atoms with E-state index in [-0.39, 0.29) is 5.92 Å². The van der Waals surface area contributed by atoms with Crippen LogP contribution in [-0.4, -0.2) is 44.3 Å². The Bertz CT molecular complexity index is 383. The zero-order valence-electron chi connectivity index (χ0n) is 11.4. The molecule has 7 nitrogen and oxygen atoms in total. The van der Waals surface area contributed by atoms with Crippen molar-refractivity contribution in [1.29, 1.82) is 0 Å². The maximum absolute atomic E-state index is 12.0. The molecule has 0 spiro atoms. The van der Waals surface area contributed by atoms with E-state index in [1.807, 2.05) is 0 Å². The molecule has 0 aliphatic heterocycles. The third-order valence-corrected chi connectivity index (χ3v) is 4.78. The predicted molar refractivity (Wildman–Crippen MR) is 70.8 cm³/mol. The van der Waals surface area contributed by atoms with Gasteiger partial charge in [0, 0.05) is 13.6 Å². The molecule has 108 valence electrons. The minimum absolute atomic E-state index is 0.257. The van der Waals surface area contributed by atoms with Gasteiger partial charge in [-0.1, -0.05) is 13.8 Å². The number of nitrogens with two attached hydrogens (primary N) is 2. The Morgan fingerprint density at radius 3 is 2.28 bits per heavy atom. The maximum atomic E-state index is 12.0. The molecule has 0 saturated carbocycles. The van der Waals surface area contributed by atoms with Crippen LogP contribution in [0.1, 0.15) is 27.2 Å². The van der Waals surface area contributed by atoms with Crippen molar-refractivity contribution in [1.82, 2.24) is 9.03 Å². The lowest BCUT2D eigenvalue weighted by Crippen LogP contribution is -2.60. The fourth-order valence-electron chi connectivity index (χ4n) is 1.23. The molecule has 0 rings (SSSR count). The van der Waals surface area contributed by atoms with Crippen molar-refractivity contribution in [2.75, 3.05) is 20.1 Å². The first kappa shape index (κ1) is 17.3. The van der Waals surface area contributed by atoms with Crippen molar-refractivity contribution in [3.8, 4) is 0 Å². The highest BCUT2D eigenvalue weighted by atomic mass is 32.2. The van der Waals surface area contributed by atoms with Gasteiger partial charge in [0.25, 0.3) is 10.2 Å². The van der Waals surface area contributed by atoms with Gasteiger partial charge >= 0.3 is 0 Å². The standard InChI is InChI=1S/C10H24N4O3S/c1-8(2)10(3,9(12)15)13-18(16,17)14(4)7-5-6-11/h8,13H,5-7,11H2,1-4H3,(H2,12,15). The molecular formula is C10H24N4O3S. The van der Waals surface area contributed by atoms with Gasteiger partial charge in [-0.05, 0) is 25.8 Å². The Hall–Kier alpha value is -0.700. The molecule has 0 radical (unpaired) electrons. The maximum Gasteiger partial charge on any atom is 0.280 e. The fourth-order valence-corrected chi connectivity index (χ4v) is 2.63. The molecule has 0 aliphatic carbocycles. The summed E-state index contributed by atoms with van der Waals surface area (Å²) in [7, 11) is -2.32. The summed E-state index contributed by atoms with van der Waals surface area (Å²) in [6, 6.07) is 0. The Labute approximate surface area is 109 Å². The normalized spacial score (nSPS) is 15.9. The van der Waals surface area contributed by atoms with Crippen LogP contribution < -0.4 is 16.2 Å². The highest BCUT2D eigenvalue weighted by Gasteiger charge is 2.39. The number of hydrogen-bond acceptors (Lipinski definition) is 4. The van der Waals surface area contributed by atoms with Crippen molar-refractivity contribution < 1.29 is 13.2 Å². The van der Waals surface area contributed by atoms with Crippen LogP contribution >= 0.6 is 0 Å². The summed E-state index contributed by atoms with van der Waals surface area (Å²) < 4.78 is 27.5. The molecule has 0 aromatic carbocycles. The second-order valence-corrected chi connectivity index (χ2v) is 6.57. The van der Waals surface area contributed by atoms with Crippen LogP contribution in [0.15, 0.2) is 0 Å². The minimum Gasteiger partial charge on any atom is -0.368 e. The van der Waals surface area contributed by atoms with Crippen LogP contribution in [0.25, 0.3) is 0 Å². The number of rotatable bonds is 8. The molecule has 0 aromatic heterocycles. The Kier molecular flexibility index (Phi) is 6.21. The smallest absolute Gasteiger partial charge is 0.280 e. The lowest BCUT2D eigenvalue weighted by molar-refractivity contribution is -0.124. The van der Waals surface area contributed by atoms with E-state index in [0.717, 1.165) is 4.31 Å². The van der Waals surface area contributed by atoms with E-state index in [4.69, 9.17) is 11.5 Å². The van der Waals surface area contributed by atoms with Crippen molar-refractivity contribution in [3.63, 3.8) is 0 Å². The quantitative estimate of drug-likeness (QED) is 0.528. The van der Waals surface area contributed by atoms with E-state index >= 15 is 0 Å². The zero-order chi connectivity index (χ0) is 14.6. The van der Waals surface area contributed by atoms with Gasteiger partial charge in [-0.3, -0.25) is 4.79 Å². The first-order chi connectivity index (χ1) is 8.08. The van der Waals surface area contributed by atoms with Gasteiger partial charge in [0.05, 0.1) is 0 Å². The summed E-state index contributed by atoms with van der Waals surface area (Å²) in [6.07, 6.45) is 0.548. The molecule has 1 atom stereocenters. The first-order valence-corrected chi connectivity index (χ1v) is 7.27. The summed E-state index contributed by atoms with van der Waals surface area (Å²) in [4.78, 5) is 11.4. The number of nitrogens with zero attached hydrogens (tertiary/aromatic N) is 1. The number of carbonyl (C=O) groups excluding carboxylic acids is 1. The van der Waals surface area contributed by atoms with Crippen LogP contribution in [0.2, 0.25) is 0 Å². The largest absolute Gasteiger partial charge is 0.368 e. The number of hydrogen-bond donors (Lipinski definition) is 3. The Balaban J connectivity index is 4.99. The topological polar surface area (TPSA) is 119 Å². The van der Waals surface area contributed by atoms with Crippen molar-refractivity contribution in [3.05, 3.63) is 0 Å². The van der Waals surface area contributed by atoms with Gasteiger partial charge in [0.1, 0.15) is 5.54 Å². The van der Waals surface area contributed by atoms with Gasteiger partial charge in [0.2, 0.25) is 5.91 Å². The number of primary amides is 1. The van der Waals surface area contributed by atoms with E-state index < -0.39 is 21.7 Å². The summed E-state index contributed by atoms with van der Waals surface area (Å²) in [6.45, 7) is 5.63. The lowest BCUT2D eigenvalue weighted by atomic mass is 9.89. The van der Waals surface area contributed by atoms with Gasteiger partial charge in [-0.25, -0.2) is 0 Å². The average Bonchev–Trinajstić information content (AvgIpc) is 2.24. The fraction of sp³-hybridized carbons (Fsp3) is 0.900. The molecule has 0 aromatic rings. The van der Waals surface area contributed by atoms with Gasteiger partial charge < -0.3 is 11.5 Å². The Morgan fingerprint density at radius 1 is 1.44 bits per heavy atom. The molecule has 1 unspecified atom stereocenters. The highest BCUT2D eigenvalue weighted by Crippen LogP contribution is 2.18. The van der Waals surface area contributed by atoms with E-state index in [0.29, 0.717) is 19.5 Å². The molecule has 5 N–H and O–H groups in total. The van der Waals surface area contributed by atoms with E-state index in [1.165, 1.54) is 14.0 Å². The average molecular weight is 280 g/mol. The third-order valence-electron chi connectivity index (χ3n) is 3.10. The summed E-state index contributed by atoms with van der Waals surface area (Å²) in [5.41, 5.74) is 9.29. The lowest BCUT2D eigenvalue weighted by Gasteiger charge is -2.32. The number of amides is 1. The molecular weight excluding hydrogens is 256 g/mol. The van der Waals surface area contributed by atoms with Gasteiger partial charge in [-0.15, -0.1) is 0 Å². The molecule has 0 saturated heterocycles. The molecule has 1 amide bonds. The molecule has 0 aliphatic rings. The Morgan fingerprint density at radius 2 is 1.94 bits per heavy atom. The van der Waals surface area contributed by atoms with Gasteiger partial charge in [0.15, 0.2) is 0 Å². The van der Waals surface area contributed by atoms with Crippen LogP contribution in [0.3, 0.4) is 0 Å². The third kappa shape index (κ3) is 4.20. The molecule has 8 heteroatoms. The van der Waals surface area contributed by atoms with E-state index in [2.05, 4.69) is 4.72 Å². The van der Waals surface area contributed by atoms with Gasteiger partial charge in [-0.2, -0.15) is 17.4 Å². The number of nitrogens with one attached hydrogen (secondary N) is 1. The minimum atomic E-state index is -3.75. The second kappa shape index (κ2) is 6.46. The van der Waals surface area contributed by atoms with Crippen molar-refractivity contribution in [2.24, 2.45) is 17.4 Å². The molecule has 0 fully saturated rings. The summed E-state index contributed by atoms with van der Waals surface area (Å²) in [5, 5.41) is 0. The SMILES string of the molecule is CC(C)C(C)(NS(=O)(=O)N(C)CCCN)C(N)=O. The predicted octanol–water partition coefficient (Wildman–Crippen LogP) is -0.999. The van der Waals surface area contributed by atoms with E-state index in [1.54, 1.807) is 13.8 Å². The van der Waals surface area contributed by atoms with Crippen LogP contribution in [-0.2, 0) is 15.0 Å². The summed E-state index contributed by atoms with van der Waals surface area (Å²) >= 11 is 0. The van der Waals surface area contributed by atoms with Crippen molar-refractivity contribution in [2.45, 2.75) is 32.7 Å². The summed E-state index contributed by atoms with van der Waals surface area (Å²) in [5.74, 6) is -0.957. The molecule has 0 heterocycles. The molecule has 18 heavy (non-hydrogen) atoms. The highest BCUT2D eigenvalue weighted by molar-refractivity contribution is 7.87. The van der Waals surface area contributed by atoms with Crippen LogP contribution in [0.4, 0.5) is 0 Å². The molecule has 0 bridgehead atoms.